The maximum absolute atomic E-state index is 9.48. The van der Waals surface area contributed by atoms with E-state index in [-0.39, 0.29) is 0 Å². The quantitative estimate of drug-likeness (QED) is 0.175. The molecule has 2 aliphatic rings. The average Bonchev–Trinajstić information content (AvgIpc) is 4.02. The summed E-state index contributed by atoms with van der Waals surface area (Å²) in [4.78, 5) is 9.54. The monoisotopic (exact) mass is 768 g/mol. The van der Waals surface area contributed by atoms with Crippen molar-refractivity contribution in [1.82, 2.24) is 9.97 Å². The van der Waals surface area contributed by atoms with Crippen molar-refractivity contribution in [1.29, 1.82) is 10.5 Å². The molecule has 0 N–H and O–H groups in total. The SMILES string of the molecule is N#Cc1ccc2oc(-c3cc(-c4ccc(-c5ccc6c(c5)-c5ccccc5C65c6ccccc6Oc6ccccc65)cc4)cc(-c4nc5cc(C#N)ccc5o4)c3)nc2c1. The number of nitriles is 2. The number of aromatic nitrogens is 2. The molecule has 0 saturated heterocycles. The summed E-state index contributed by atoms with van der Waals surface area (Å²) in [5.74, 6) is 2.57. The summed E-state index contributed by atoms with van der Waals surface area (Å²) >= 11 is 0. The molecule has 10 aromatic rings. The van der Waals surface area contributed by atoms with Gasteiger partial charge in [-0.15, -0.1) is 0 Å². The Bertz CT molecular complexity index is 3350. The molecule has 278 valence electrons. The molecule has 2 aromatic heterocycles. The van der Waals surface area contributed by atoms with Crippen molar-refractivity contribution in [2.75, 3.05) is 0 Å². The maximum Gasteiger partial charge on any atom is 0.227 e. The van der Waals surface area contributed by atoms with E-state index in [4.69, 9.17) is 23.5 Å². The van der Waals surface area contributed by atoms with Gasteiger partial charge in [0.1, 0.15) is 22.5 Å². The summed E-state index contributed by atoms with van der Waals surface area (Å²) in [5, 5.41) is 19.0. The minimum Gasteiger partial charge on any atom is -0.457 e. The maximum atomic E-state index is 9.48. The minimum atomic E-state index is -0.512. The highest BCUT2D eigenvalue weighted by Crippen LogP contribution is 2.62. The first-order valence-electron chi connectivity index (χ1n) is 19.6. The predicted molar refractivity (Wildman–Crippen MR) is 230 cm³/mol. The van der Waals surface area contributed by atoms with Crippen LogP contribution in [0.15, 0.2) is 179 Å². The fourth-order valence-corrected chi connectivity index (χ4v) is 9.18. The molecule has 0 bridgehead atoms. The van der Waals surface area contributed by atoms with E-state index in [9.17, 15) is 10.5 Å². The fraction of sp³-hybridized carbons (Fsp3) is 0.0189. The van der Waals surface area contributed by atoms with Gasteiger partial charge in [-0.25, -0.2) is 9.97 Å². The highest BCUT2D eigenvalue weighted by molar-refractivity contribution is 5.91. The van der Waals surface area contributed by atoms with E-state index in [1.165, 1.54) is 22.3 Å². The third-order valence-corrected chi connectivity index (χ3v) is 11.9. The molecule has 0 amide bonds. The standard InChI is InChI=1S/C53H28N4O3/c54-29-31-13-21-49-45(23-31)56-51(59-49)37-25-36(26-38(27-37)52-57-46-24-32(30-55)14-22-50(46)60-52)34-17-15-33(16-18-34)35-19-20-42-40(28-35)39-7-1-2-8-41(39)53(42)43-9-3-5-11-47(43)58-48-12-6-4-10-44(48)53/h1-28H. The Labute approximate surface area is 343 Å². The molecule has 7 nitrogen and oxygen atoms in total. The number of benzene rings is 8. The van der Waals surface area contributed by atoms with Gasteiger partial charge in [-0.3, -0.25) is 0 Å². The van der Waals surface area contributed by atoms with Crippen molar-refractivity contribution in [3.63, 3.8) is 0 Å². The molecular weight excluding hydrogens is 741 g/mol. The number of ether oxygens (including phenoxy) is 1. The van der Waals surface area contributed by atoms with E-state index in [0.29, 0.717) is 45.1 Å². The van der Waals surface area contributed by atoms with Crippen LogP contribution in [0.5, 0.6) is 11.5 Å². The zero-order valence-corrected chi connectivity index (χ0v) is 31.7. The Morgan fingerprint density at radius 2 is 0.883 bits per heavy atom. The highest BCUT2D eigenvalue weighted by Gasteiger charge is 2.50. The molecule has 8 aromatic carbocycles. The molecule has 1 aliphatic carbocycles. The lowest BCUT2D eigenvalue weighted by atomic mass is 9.66. The molecule has 0 unspecified atom stereocenters. The molecule has 3 heterocycles. The van der Waals surface area contributed by atoms with Crippen molar-refractivity contribution >= 4 is 22.2 Å². The first kappa shape index (κ1) is 33.6. The van der Waals surface area contributed by atoms with Crippen LogP contribution in [0.4, 0.5) is 0 Å². The molecule has 1 aliphatic heterocycles. The Morgan fingerprint density at radius 1 is 0.400 bits per heavy atom. The number of oxazole rings is 2. The van der Waals surface area contributed by atoms with Crippen LogP contribution in [0.1, 0.15) is 33.4 Å². The lowest BCUT2D eigenvalue weighted by Gasteiger charge is -2.39. The summed E-state index contributed by atoms with van der Waals surface area (Å²) in [6.07, 6.45) is 0. The summed E-state index contributed by atoms with van der Waals surface area (Å²) in [6, 6.07) is 61.8. The molecule has 7 heteroatoms. The zero-order chi connectivity index (χ0) is 40.0. The van der Waals surface area contributed by atoms with Gasteiger partial charge in [-0.05, 0) is 117 Å². The lowest BCUT2D eigenvalue weighted by Crippen LogP contribution is -2.32. The zero-order valence-electron chi connectivity index (χ0n) is 31.7. The van der Waals surface area contributed by atoms with Crippen LogP contribution < -0.4 is 4.74 Å². The normalized spacial score (nSPS) is 12.9. The van der Waals surface area contributed by atoms with Gasteiger partial charge >= 0.3 is 0 Å². The Morgan fingerprint density at radius 3 is 1.47 bits per heavy atom. The topological polar surface area (TPSA) is 109 Å². The van der Waals surface area contributed by atoms with Crippen molar-refractivity contribution in [2.45, 2.75) is 5.41 Å². The first-order valence-corrected chi connectivity index (χ1v) is 19.6. The molecule has 60 heavy (non-hydrogen) atoms. The number of hydrogen-bond donors (Lipinski definition) is 0. The number of fused-ring (bicyclic) bond motifs is 11. The molecule has 0 atom stereocenters. The fourth-order valence-electron chi connectivity index (χ4n) is 9.18. The lowest BCUT2D eigenvalue weighted by molar-refractivity contribution is 0.436. The Hall–Kier alpha value is -8.52. The number of para-hydroxylation sites is 2. The van der Waals surface area contributed by atoms with Crippen molar-refractivity contribution in [3.8, 4) is 79.9 Å². The third kappa shape index (κ3) is 4.94. The molecule has 1 spiro atoms. The first-order chi connectivity index (χ1) is 29.6. The van der Waals surface area contributed by atoms with E-state index in [1.54, 1.807) is 36.4 Å². The molecule has 0 saturated carbocycles. The second-order valence-electron chi connectivity index (χ2n) is 15.2. The molecule has 12 rings (SSSR count). The van der Waals surface area contributed by atoms with E-state index < -0.39 is 5.41 Å². The van der Waals surface area contributed by atoms with Crippen LogP contribution >= 0.6 is 0 Å². The van der Waals surface area contributed by atoms with Gasteiger partial charge in [0.15, 0.2) is 11.2 Å². The van der Waals surface area contributed by atoms with E-state index in [2.05, 4.69) is 115 Å². The molecular formula is C53H28N4O3. The highest BCUT2D eigenvalue weighted by atomic mass is 16.5. The van der Waals surface area contributed by atoms with Gasteiger partial charge in [-0.2, -0.15) is 10.5 Å². The van der Waals surface area contributed by atoms with E-state index in [1.807, 2.05) is 30.3 Å². The van der Waals surface area contributed by atoms with Crippen LogP contribution in [0.25, 0.3) is 78.5 Å². The van der Waals surface area contributed by atoms with E-state index >= 15 is 0 Å². The van der Waals surface area contributed by atoms with Gasteiger partial charge in [0, 0.05) is 22.3 Å². The number of hydrogen-bond acceptors (Lipinski definition) is 7. The largest absolute Gasteiger partial charge is 0.457 e. The van der Waals surface area contributed by atoms with Crippen LogP contribution in [-0.4, -0.2) is 9.97 Å². The summed E-state index contributed by atoms with van der Waals surface area (Å²) in [6.45, 7) is 0. The number of nitrogens with zero attached hydrogens (tertiary/aromatic N) is 4. The van der Waals surface area contributed by atoms with Crippen LogP contribution in [0, 0.1) is 22.7 Å². The minimum absolute atomic E-state index is 0.411. The van der Waals surface area contributed by atoms with Crippen LogP contribution in [0.3, 0.4) is 0 Å². The third-order valence-electron chi connectivity index (χ3n) is 11.9. The van der Waals surface area contributed by atoms with Gasteiger partial charge in [-0.1, -0.05) is 97.1 Å². The van der Waals surface area contributed by atoms with Crippen molar-refractivity contribution in [2.24, 2.45) is 0 Å². The summed E-state index contributed by atoms with van der Waals surface area (Å²) < 4.78 is 19.0. The summed E-state index contributed by atoms with van der Waals surface area (Å²) in [5.41, 5.74) is 15.6. The van der Waals surface area contributed by atoms with E-state index in [0.717, 1.165) is 56.0 Å². The second kappa shape index (κ2) is 12.7. The molecule has 0 fully saturated rings. The van der Waals surface area contributed by atoms with Gasteiger partial charge in [0.2, 0.25) is 11.8 Å². The predicted octanol–water partition coefficient (Wildman–Crippen LogP) is 12.8. The van der Waals surface area contributed by atoms with Crippen LogP contribution in [0.2, 0.25) is 0 Å². The summed E-state index contributed by atoms with van der Waals surface area (Å²) in [7, 11) is 0. The van der Waals surface area contributed by atoms with Crippen molar-refractivity contribution < 1.29 is 13.6 Å². The van der Waals surface area contributed by atoms with Gasteiger partial charge in [0.05, 0.1) is 28.7 Å². The smallest absolute Gasteiger partial charge is 0.227 e. The van der Waals surface area contributed by atoms with Gasteiger partial charge in [0.25, 0.3) is 0 Å². The van der Waals surface area contributed by atoms with Crippen LogP contribution in [-0.2, 0) is 5.41 Å². The second-order valence-corrected chi connectivity index (χ2v) is 15.2. The Balaban J connectivity index is 0.970. The average molecular weight is 769 g/mol. The van der Waals surface area contributed by atoms with Gasteiger partial charge < -0.3 is 13.6 Å². The molecule has 0 radical (unpaired) electrons. The van der Waals surface area contributed by atoms with Crippen molar-refractivity contribution in [3.05, 3.63) is 203 Å². The number of rotatable bonds is 4. The Kier molecular flexibility index (Phi) is 7.14.